The summed E-state index contributed by atoms with van der Waals surface area (Å²) in [6.07, 6.45) is 3.91. The van der Waals surface area contributed by atoms with Gasteiger partial charge in [0.1, 0.15) is 5.82 Å². The van der Waals surface area contributed by atoms with Crippen LogP contribution in [0.2, 0.25) is 0 Å². The summed E-state index contributed by atoms with van der Waals surface area (Å²) >= 11 is 0. The average Bonchev–Trinajstić information content (AvgIpc) is 3.02. The molecule has 0 bridgehead atoms. The number of hydrogen-bond donors (Lipinski definition) is 1. The molecule has 0 aliphatic carbocycles. The Morgan fingerprint density at radius 2 is 1.81 bits per heavy atom. The first-order valence-electron chi connectivity index (χ1n) is 7.21. The van der Waals surface area contributed by atoms with Crippen molar-refractivity contribution in [2.75, 3.05) is 23.4 Å². The lowest BCUT2D eigenvalue weighted by Gasteiger charge is -2.18. The number of anilines is 2. The molecule has 1 N–H and O–H groups in total. The molecule has 0 amide bonds. The molecule has 0 unspecified atom stereocenters. The summed E-state index contributed by atoms with van der Waals surface area (Å²) in [6, 6.07) is 14.9. The number of para-hydroxylation sites is 1. The van der Waals surface area contributed by atoms with Gasteiger partial charge in [0.25, 0.3) is 0 Å². The maximum atomic E-state index is 14.1. The molecule has 0 radical (unpaired) electrons. The van der Waals surface area contributed by atoms with Gasteiger partial charge in [0.15, 0.2) is 0 Å². The Hall–Kier alpha value is -2.36. The first-order chi connectivity index (χ1) is 10.3. The van der Waals surface area contributed by atoms with Crippen LogP contribution in [0.15, 0.2) is 53.6 Å². The van der Waals surface area contributed by atoms with Gasteiger partial charge in [0.2, 0.25) is 0 Å². The Morgan fingerprint density at radius 1 is 1.05 bits per heavy atom. The topological polar surface area (TPSA) is 27.6 Å². The minimum Gasteiger partial charge on any atom is -0.369 e. The molecule has 1 fully saturated rings. The van der Waals surface area contributed by atoms with Gasteiger partial charge in [0, 0.05) is 13.1 Å². The molecule has 1 saturated heterocycles. The van der Waals surface area contributed by atoms with Crippen LogP contribution in [0.25, 0.3) is 0 Å². The van der Waals surface area contributed by atoms with Gasteiger partial charge < -0.3 is 4.90 Å². The van der Waals surface area contributed by atoms with E-state index in [0.717, 1.165) is 37.2 Å². The number of halogens is 1. The highest BCUT2D eigenvalue weighted by molar-refractivity contribution is 5.81. The molecule has 21 heavy (non-hydrogen) atoms. The SMILES string of the molecule is Fc1cc(C=NNc2ccccc2)ccc1N1CCCC1. The highest BCUT2D eigenvalue weighted by Gasteiger charge is 2.15. The lowest BCUT2D eigenvalue weighted by atomic mass is 10.2. The van der Waals surface area contributed by atoms with Gasteiger partial charge in [-0.1, -0.05) is 24.3 Å². The van der Waals surface area contributed by atoms with Crippen molar-refractivity contribution in [1.82, 2.24) is 0 Å². The van der Waals surface area contributed by atoms with E-state index in [1.165, 1.54) is 6.07 Å². The summed E-state index contributed by atoms with van der Waals surface area (Å²) in [4.78, 5) is 2.10. The van der Waals surface area contributed by atoms with E-state index in [0.29, 0.717) is 5.69 Å². The van der Waals surface area contributed by atoms with Crippen LogP contribution in [-0.2, 0) is 0 Å². The summed E-state index contributed by atoms with van der Waals surface area (Å²) in [5.41, 5.74) is 5.27. The first kappa shape index (κ1) is 13.6. The number of nitrogens with one attached hydrogen (secondary N) is 1. The van der Waals surface area contributed by atoms with E-state index < -0.39 is 0 Å². The van der Waals surface area contributed by atoms with Gasteiger partial charge in [-0.15, -0.1) is 0 Å². The summed E-state index contributed by atoms with van der Waals surface area (Å²) in [6.45, 7) is 1.89. The average molecular weight is 283 g/mol. The molecule has 108 valence electrons. The molecular formula is C17H18FN3. The van der Waals surface area contributed by atoms with E-state index in [2.05, 4.69) is 15.4 Å². The molecule has 3 nitrogen and oxygen atoms in total. The van der Waals surface area contributed by atoms with Crippen molar-refractivity contribution in [3.63, 3.8) is 0 Å². The Morgan fingerprint density at radius 3 is 2.52 bits per heavy atom. The van der Waals surface area contributed by atoms with Crippen LogP contribution in [0.3, 0.4) is 0 Å². The van der Waals surface area contributed by atoms with Crippen molar-refractivity contribution >= 4 is 17.6 Å². The van der Waals surface area contributed by atoms with Crippen LogP contribution in [0, 0.1) is 5.82 Å². The third-order valence-electron chi connectivity index (χ3n) is 3.60. The van der Waals surface area contributed by atoms with Crippen molar-refractivity contribution in [2.45, 2.75) is 12.8 Å². The maximum absolute atomic E-state index is 14.1. The van der Waals surface area contributed by atoms with E-state index >= 15 is 0 Å². The minimum absolute atomic E-state index is 0.180. The molecular weight excluding hydrogens is 265 g/mol. The second-order valence-corrected chi connectivity index (χ2v) is 5.14. The Bertz CT molecular complexity index is 619. The van der Waals surface area contributed by atoms with E-state index in [-0.39, 0.29) is 5.82 Å². The van der Waals surface area contributed by atoms with E-state index in [9.17, 15) is 4.39 Å². The third-order valence-corrected chi connectivity index (χ3v) is 3.60. The highest BCUT2D eigenvalue weighted by Crippen LogP contribution is 2.23. The van der Waals surface area contributed by atoms with Gasteiger partial charge in [-0.05, 0) is 42.7 Å². The molecule has 1 aliphatic heterocycles. The maximum Gasteiger partial charge on any atom is 0.147 e. The lowest BCUT2D eigenvalue weighted by molar-refractivity contribution is 0.623. The number of rotatable bonds is 4. The van der Waals surface area contributed by atoms with Gasteiger partial charge >= 0.3 is 0 Å². The fourth-order valence-corrected chi connectivity index (χ4v) is 2.51. The molecule has 1 heterocycles. The Balaban J connectivity index is 1.67. The van der Waals surface area contributed by atoms with Crippen LogP contribution < -0.4 is 10.3 Å². The monoisotopic (exact) mass is 283 g/mol. The van der Waals surface area contributed by atoms with Crippen molar-refractivity contribution in [3.05, 3.63) is 59.9 Å². The minimum atomic E-state index is -0.180. The highest BCUT2D eigenvalue weighted by atomic mass is 19.1. The number of hydrogen-bond acceptors (Lipinski definition) is 3. The molecule has 4 heteroatoms. The van der Waals surface area contributed by atoms with Crippen LogP contribution in [0.5, 0.6) is 0 Å². The zero-order chi connectivity index (χ0) is 14.5. The summed E-state index contributed by atoms with van der Waals surface area (Å²) < 4.78 is 14.1. The van der Waals surface area contributed by atoms with Gasteiger partial charge in [-0.3, -0.25) is 5.43 Å². The quantitative estimate of drug-likeness (QED) is 0.681. The zero-order valence-electron chi connectivity index (χ0n) is 11.8. The Kier molecular flexibility index (Phi) is 4.15. The van der Waals surface area contributed by atoms with E-state index in [1.807, 2.05) is 42.5 Å². The summed E-state index contributed by atoms with van der Waals surface area (Å²) in [7, 11) is 0. The lowest BCUT2D eigenvalue weighted by Crippen LogP contribution is -2.18. The van der Waals surface area contributed by atoms with Crippen LogP contribution in [-0.4, -0.2) is 19.3 Å². The third kappa shape index (κ3) is 3.40. The fraction of sp³-hybridized carbons (Fsp3) is 0.235. The first-order valence-corrected chi connectivity index (χ1v) is 7.21. The molecule has 0 atom stereocenters. The predicted octanol–water partition coefficient (Wildman–Crippen LogP) is 3.87. The molecule has 0 saturated carbocycles. The molecule has 2 aromatic carbocycles. The molecule has 1 aliphatic rings. The van der Waals surface area contributed by atoms with Gasteiger partial charge in [-0.2, -0.15) is 5.10 Å². The zero-order valence-corrected chi connectivity index (χ0v) is 11.8. The van der Waals surface area contributed by atoms with Crippen molar-refractivity contribution < 1.29 is 4.39 Å². The summed E-state index contributed by atoms with van der Waals surface area (Å²) in [5.74, 6) is -0.180. The van der Waals surface area contributed by atoms with E-state index in [4.69, 9.17) is 0 Å². The van der Waals surface area contributed by atoms with Crippen LogP contribution in [0.4, 0.5) is 15.8 Å². The predicted molar refractivity (Wildman–Crippen MR) is 85.5 cm³/mol. The number of benzene rings is 2. The molecule has 3 rings (SSSR count). The molecule has 0 aromatic heterocycles. The van der Waals surface area contributed by atoms with Crippen molar-refractivity contribution in [1.29, 1.82) is 0 Å². The standard InChI is InChI=1S/C17H18FN3/c18-16-12-14(8-9-17(16)21-10-4-5-11-21)13-19-20-15-6-2-1-3-7-15/h1-3,6-9,12-13,20H,4-5,10-11H2. The number of hydrazone groups is 1. The fourth-order valence-electron chi connectivity index (χ4n) is 2.51. The van der Waals surface area contributed by atoms with Gasteiger partial charge in [-0.25, -0.2) is 4.39 Å². The van der Waals surface area contributed by atoms with Crippen molar-refractivity contribution in [2.24, 2.45) is 5.10 Å². The second kappa shape index (κ2) is 6.39. The second-order valence-electron chi connectivity index (χ2n) is 5.14. The Labute approximate surface area is 124 Å². The summed E-state index contributed by atoms with van der Waals surface area (Å²) in [5, 5.41) is 4.12. The smallest absolute Gasteiger partial charge is 0.147 e. The normalized spacial score (nSPS) is 14.8. The molecule has 0 spiro atoms. The van der Waals surface area contributed by atoms with Crippen LogP contribution in [0.1, 0.15) is 18.4 Å². The molecule has 2 aromatic rings. The van der Waals surface area contributed by atoms with Gasteiger partial charge in [0.05, 0.1) is 17.6 Å². The van der Waals surface area contributed by atoms with E-state index in [1.54, 1.807) is 6.21 Å². The largest absolute Gasteiger partial charge is 0.369 e. The van der Waals surface area contributed by atoms with Crippen LogP contribution >= 0.6 is 0 Å². The van der Waals surface area contributed by atoms with Crippen molar-refractivity contribution in [3.8, 4) is 0 Å². The number of nitrogens with zero attached hydrogens (tertiary/aromatic N) is 2.